The van der Waals surface area contributed by atoms with Crippen molar-refractivity contribution in [2.45, 2.75) is 19.9 Å². The number of benzene rings is 5. The molecule has 196 valence electrons. The summed E-state index contributed by atoms with van der Waals surface area (Å²) in [6.07, 6.45) is 0.670. The lowest BCUT2D eigenvalue weighted by molar-refractivity contribution is 0.235. The summed E-state index contributed by atoms with van der Waals surface area (Å²) in [5.74, 6) is 0.450. The fraction of sp³-hybridized carbons (Fsp3) is 0.121. The molecule has 0 fully saturated rings. The molecule has 0 bridgehead atoms. The van der Waals surface area contributed by atoms with Gasteiger partial charge in [-0.05, 0) is 87.8 Å². The molecular weight excluding hydrogens is 508 g/mol. The Balaban J connectivity index is 1.48. The Kier molecular flexibility index (Phi) is 7.44. The van der Waals surface area contributed by atoms with Gasteiger partial charge in [-0.25, -0.2) is 9.21 Å². The number of aromatic hydroxyl groups is 2. The zero-order chi connectivity index (χ0) is 27.5. The molecule has 6 heteroatoms. The minimum absolute atomic E-state index is 0.222. The molecule has 5 rings (SSSR count). The van der Waals surface area contributed by atoms with E-state index >= 15 is 0 Å². The summed E-state index contributed by atoms with van der Waals surface area (Å²) >= 11 is 6.05. The lowest BCUT2D eigenvalue weighted by Crippen LogP contribution is -2.37. The molecule has 0 aliphatic carbocycles. The number of para-hydroxylation sites is 1. The number of rotatable bonds is 6. The molecule has 0 radical (unpaired) electrons. The summed E-state index contributed by atoms with van der Waals surface area (Å²) in [5.41, 5.74) is 7.11. The Morgan fingerprint density at radius 2 is 1.46 bits per heavy atom. The number of aryl methyl sites for hydroxylation is 1. The molecule has 0 heterocycles. The maximum absolute atomic E-state index is 12.9. The van der Waals surface area contributed by atoms with Crippen LogP contribution in [-0.2, 0) is 13.0 Å². The van der Waals surface area contributed by atoms with E-state index in [4.69, 9.17) is 11.8 Å². The van der Waals surface area contributed by atoms with Crippen LogP contribution < -0.4 is 4.90 Å². The van der Waals surface area contributed by atoms with Gasteiger partial charge in [0.1, 0.15) is 11.5 Å². The number of amides is 2. The first-order chi connectivity index (χ1) is 18.8. The van der Waals surface area contributed by atoms with Crippen molar-refractivity contribution in [1.29, 1.82) is 0 Å². The van der Waals surface area contributed by atoms with Crippen LogP contribution in [0.25, 0.3) is 21.9 Å². The number of phenolic OH excluding ortho intramolecular Hbond substituents is 2. The zero-order valence-electron chi connectivity index (χ0n) is 21.8. The van der Waals surface area contributed by atoms with Crippen LogP contribution in [0.4, 0.5) is 10.5 Å². The van der Waals surface area contributed by atoms with E-state index in [0.717, 1.165) is 54.3 Å². The number of hydrogen-bond donors (Lipinski definition) is 2. The highest BCUT2D eigenvalue weighted by Crippen LogP contribution is 2.34. The number of urea groups is 1. The number of anilines is 1. The fourth-order valence-electron chi connectivity index (χ4n) is 4.92. The van der Waals surface area contributed by atoms with Gasteiger partial charge >= 0.3 is 6.03 Å². The van der Waals surface area contributed by atoms with Crippen LogP contribution in [-0.4, -0.2) is 27.7 Å². The quantitative estimate of drug-likeness (QED) is 0.216. The van der Waals surface area contributed by atoms with E-state index in [2.05, 4.69) is 18.2 Å². The molecular formula is C33H29ClN2O3. The number of hydrogen-bond acceptors (Lipinski definition) is 3. The molecule has 2 N–H and O–H groups in total. The van der Waals surface area contributed by atoms with Crippen LogP contribution in [0.5, 0.6) is 11.5 Å². The van der Waals surface area contributed by atoms with Gasteiger partial charge in [-0.1, -0.05) is 72.8 Å². The van der Waals surface area contributed by atoms with Crippen LogP contribution in [0.2, 0.25) is 0 Å². The zero-order valence-corrected chi connectivity index (χ0v) is 22.6. The first kappa shape index (κ1) is 26.1. The second kappa shape index (κ2) is 11.1. The largest absolute Gasteiger partial charge is 0.508 e. The first-order valence-electron chi connectivity index (χ1n) is 12.7. The minimum Gasteiger partial charge on any atom is -0.508 e. The second-order valence-corrected chi connectivity index (χ2v) is 10.2. The van der Waals surface area contributed by atoms with Crippen molar-refractivity contribution in [3.63, 3.8) is 0 Å². The average molecular weight is 537 g/mol. The Morgan fingerprint density at radius 1 is 0.795 bits per heavy atom. The van der Waals surface area contributed by atoms with Crippen molar-refractivity contribution in [2.24, 2.45) is 0 Å². The van der Waals surface area contributed by atoms with Crippen molar-refractivity contribution < 1.29 is 15.0 Å². The molecule has 0 atom stereocenters. The number of carbonyl (C=O) groups is 1. The lowest BCUT2D eigenvalue weighted by Gasteiger charge is -2.26. The minimum atomic E-state index is -0.299. The van der Waals surface area contributed by atoms with Gasteiger partial charge in [-0.2, -0.15) is 0 Å². The maximum atomic E-state index is 12.9. The van der Waals surface area contributed by atoms with Crippen molar-refractivity contribution in [2.75, 3.05) is 11.9 Å². The third kappa shape index (κ3) is 5.69. The van der Waals surface area contributed by atoms with Crippen LogP contribution in [0.15, 0.2) is 103 Å². The van der Waals surface area contributed by atoms with Crippen molar-refractivity contribution in [1.82, 2.24) is 4.42 Å². The summed E-state index contributed by atoms with van der Waals surface area (Å²) in [5, 5.41) is 21.8. The molecule has 0 spiro atoms. The van der Waals surface area contributed by atoms with E-state index in [0.29, 0.717) is 13.0 Å². The highest BCUT2D eigenvalue weighted by molar-refractivity contribution is 6.22. The first-order valence-corrected chi connectivity index (χ1v) is 13.0. The Morgan fingerprint density at radius 3 is 2.15 bits per heavy atom. The van der Waals surface area contributed by atoms with Crippen LogP contribution in [0.1, 0.15) is 22.3 Å². The smallest absolute Gasteiger partial charge is 0.339 e. The van der Waals surface area contributed by atoms with E-state index in [1.54, 1.807) is 29.2 Å². The molecule has 0 unspecified atom stereocenters. The van der Waals surface area contributed by atoms with E-state index in [1.807, 2.05) is 67.6 Å². The standard InChI is InChI=1S/C33H29ClN2O3/c1-22-5-3-4-6-32(22)36(33(39)35(2)34)21-24-9-7-23(8-10-24)19-31-29(25-11-14-27(37)15-12-25)17-13-26-20-28(38)16-18-30(26)31/h3-18,20,37-38H,19,21H2,1-2H3. The van der Waals surface area contributed by atoms with Crippen LogP contribution >= 0.6 is 11.8 Å². The van der Waals surface area contributed by atoms with Crippen LogP contribution in [0, 0.1) is 6.92 Å². The van der Waals surface area contributed by atoms with Crippen molar-refractivity contribution in [3.8, 4) is 22.6 Å². The van der Waals surface area contributed by atoms with E-state index < -0.39 is 0 Å². The molecule has 5 aromatic rings. The monoisotopic (exact) mass is 536 g/mol. The Labute approximate surface area is 233 Å². The van der Waals surface area contributed by atoms with Gasteiger partial charge in [0.25, 0.3) is 0 Å². The lowest BCUT2D eigenvalue weighted by atomic mass is 9.90. The summed E-state index contributed by atoms with van der Waals surface area (Å²) in [7, 11) is 1.54. The number of halogens is 1. The molecule has 0 aliphatic rings. The van der Waals surface area contributed by atoms with Crippen molar-refractivity contribution in [3.05, 3.63) is 125 Å². The maximum Gasteiger partial charge on any atom is 0.339 e. The fourth-order valence-corrected chi connectivity index (χ4v) is 5.01. The molecule has 0 aliphatic heterocycles. The molecule has 5 aromatic carbocycles. The van der Waals surface area contributed by atoms with Gasteiger partial charge < -0.3 is 10.2 Å². The third-order valence-corrected chi connectivity index (χ3v) is 7.08. The van der Waals surface area contributed by atoms with E-state index in [1.165, 1.54) is 7.05 Å². The number of carbonyl (C=O) groups excluding carboxylic acids is 1. The van der Waals surface area contributed by atoms with E-state index in [-0.39, 0.29) is 17.5 Å². The Hall–Kier alpha value is -4.48. The molecule has 0 aromatic heterocycles. The molecule has 0 saturated heterocycles. The predicted molar refractivity (Wildman–Crippen MR) is 158 cm³/mol. The summed E-state index contributed by atoms with van der Waals surface area (Å²) < 4.78 is 1.07. The van der Waals surface area contributed by atoms with Gasteiger partial charge in [-0.15, -0.1) is 0 Å². The van der Waals surface area contributed by atoms with Crippen molar-refractivity contribution >= 4 is 34.3 Å². The molecule has 0 saturated carbocycles. The average Bonchev–Trinajstić information content (AvgIpc) is 2.93. The number of nitrogens with zero attached hydrogens (tertiary/aromatic N) is 2. The van der Waals surface area contributed by atoms with Crippen LogP contribution in [0.3, 0.4) is 0 Å². The Bertz CT molecular complexity index is 1630. The third-order valence-electron chi connectivity index (χ3n) is 6.94. The molecule has 2 amide bonds. The van der Waals surface area contributed by atoms with E-state index in [9.17, 15) is 15.0 Å². The second-order valence-electron chi connectivity index (χ2n) is 9.67. The van der Waals surface area contributed by atoms with Gasteiger partial charge in [0, 0.05) is 24.5 Å². The summed E-state index contributed by atoms with van der Waals surface area (Å²) in [4.78, 5) is 14.6. The number of phenols is 2. The van der Waals surface area contributed by atoms with Gasteiger partial charge in [-0.3, -0.25) is 4.90 Å². The number of fused-ring (bicyclic) bond motifs is 1. The van der Waals surface area contributed by atoms with Gasteiger partial charge in [0.05, 0.1) is 6.54 Å². The summed E-state index contributed by atoms with van der Waals surface area (Å²) in [6.45, 7) is 2.36. The molecule has 39 heavy (non-hydrogen) atoms. The molecule has 5 nitrogen and oxygen atoms in total. The topological polar surface area (TPSA) is 64.0 Å². The highest BCUT2D eigenvalue weighted by Gasteiger charge is 2.21. The van der Waals surface area contributed by atoms with Gasteiger partial charge in [0.2, 0.25) is 0 Å². The summed E-state index contributed by atoms with van der Waals surface area (Å²) in [6, 6.07) is 32.4. The van der Waals surface area contributed by atoms with Gasteiger partial charge in [0.15, 0.2) is 0 Å². The normalized spacial score (nSPS) is 10.9. The SMILES string of the molecule is Cc1ccccc1N(Cc1ccc(Cc2c(-c3ccc(O)cc3)ccc3cc(O)ccc23)cc1)C(=O)N(C)Cl. The predicted octanol–water partition coefficient (Wildman–Crippen LogP) is 8.03. The highest BCUT2D eigenvalue weighted by atomic mass is 35.5.